The lowest BCUT2D eigenvalue weighted by Crippen LogP contribution is -2.44. The summed E-state index contributed by atoms with van der Waals surface area (Å²) in [6.07, 6.45) is 7.69. The molecule has 1 fully saturated rings. The molecule has 2 aromatic carbocycles. The standard InChI is InChI=1S/C33H32FN5O4/c34-24-17-29(33(35-19-24)43-28-6-3-4-23(16-28)22-9-7-21(20-40)8-10-22)31(41)36-25-11-13-26(14-12-25)37-32(42)30-18-27-5-1-2-15-39(27)38-30/h3-4,6-10,16-20,25-26H,1-2,5,11-15H2,(H,36,41)(H,37,42)/t25-,26-. The van der Waals surface area contributed by atoms with Crippen LogP contribution in [0.2, 0.25) is 0 Å². The zero-order valence-corrected chi connectivity index (χ0v) is 23.6. The summed E-state index contributed by atoms with van der Waals surface area (Å²) in [6, 6.07) is 17.2. The molecule has 6 rings (SSSR count). The van der Waals surface area contributed by atoms with Crippen LogP contribution in [0.3, 0.4) is 0 Å². The van der Waals surface area contributed by atoms with Crippen molar-refractivity contribution >= 4 is 18.1 Å². The zero-order chi connectivity index (χ0) is 29.8. The van der Waals surface area contributed by atoms with E-state index in [1.165, 1.54) is 0 Å². The predicted octanol–water partition coefficient (Wildman–Crippen LogP) is 5.50. The van der Waals surface area contributed by atoms with Crippen molar-refractivity contribution in [2.45, 2.75) is 63.6 Å². The van der Waals surface area contributed by atoms with Crippen molar-refractivity contribution in [2.75, 3.05) is 0 Å². The Bertz CT molecular complexity index is 1620. The minimum Gasteiger partial charge on any atom is -0.438 e. The SMILES string of the molecule is O=Cc1ccc(-c2cccc(Oc3ncc(F)cc3C(=O)N[C@H]3CC[C@H](NC(=O)c4cc5n(n4)CCCC5)CC3)c2)cc1. The van der Waals surface area contributed by atoms with Crippen LogP contribution < -0.4 is 15.4 Å². The molecule has 0 spiro atoms. The van der Waals surface area contributed by atoms with Gasteiger partial charge in [-0.25, -0.2) is 9.37 Å². The summed E-state index contributed by atoms with van der Waals surface area (Å²) in [5.41, 5.74) is 3.88. The topological polar surface area (TPSA) is 115 Å². The number of carbonyl (C=O) groups excluding carboxylic acids is 3. The van der Waals surface area contributed by atoms with Gasteiger partial charge < -0.3 is 15.4 Å². The first-order chi connectivity index (χ1) is 20.9. The van der Waals surface area contributed by atoms with E-state index < -0.39 is 11.7 Å². The average Bonchev–Trinajstić information content (AvgIpc) is 3.48. The van der Waals surface area contributed by atoms with E-state index in [0.29, 0.717) is 42.7 Å². The summed E-state index contributed by atoms with van der Waals surface area (Å²) in [5, 5.41) is 10.5. The quantitative estimate of drug-likeness (QED) is 0.266. The molecule has 220 valence electrons. The van der Waals surface area contributed by atoms with Gasteiger partial charge in [0.25, 0.3) is 11.8 Å². The molecule has 0 saturated heterocycles. The molecule has 2 N–H and O–H groups in total. The molecule has 2 amide bonds. The molecule has 43 heavy (non-hydrogen) atoms. The number of ether oxygens (including phenoxy) is 1. The lowest BCUT2D eigenvalue weighted by atomic mass is 9.91. The minimum absolute atomic E-state index is 0.0000794. The number of nitrogens with zero attached hydrogens (tertiary/aromatic N) is 3. The van der Waals surface area contributed by atoms with Gasteiger partial charge >= 0.3 is 0 Å². The number of pyridine rings is 1. The van der Waals surface area contributed by atoms with Crippen LogP contribution in [0, 0.1) is 5.82 Å². The summed E-state index contributed by atoms with van der Waals surface area (Å²) >= 11 is 0. The molecule has 2 aliphatic rings. The molecule has 1 saturated carbocycles. The first-order valence-corrected chi connectivity index (χ1v) is 14.6. The highest BCUT2D eigenvalue weighted by molar-refractivity contribution is 5.96. The van der Waals surface area contributed by atoms with Crippen molar-refractivity contribution in [2.24, 2.45) is 0 Å². The van der Waals surface area contributed by atoms with E-state index in [2.05, 4.69) is 20.7 Å². The molecule has 10 heteroatoms. The molecule has 2 aromatic heterocycles. The number of halogens is 1. The number of nitrogens with one attached hydrogen (secondary N) is 2. The normalized spacial score (nSPS) is 17.9. The van der Waals surface area contributed by atoms with Crippen LogP contribution in [0.25, 0.3) is 11.1 Å². The molecular weight excluding hydrogens is 549 g/mol. The Morgan fingerprint density at radius 1 is 0.907 bits per heavy atom. The fraction of sp³-hybridized carbons (Fsp3) is 0.303. The summed E-state index contributed by atoms with van der Waals surface area (Å²) in [6.45, 7) is 0.852. The van der Waals surface area contributed by atoms with Crippen LogP contribution in [0.1, 0.15) is 75.4 Å². The van der Waals surface area contributed by atoms with Crippen LogP contribution in [0.4, 0.5) is 4.39 Å². The van der Waals surface area contributed by atoms with Crippen LogP contribution in [0.5, 0.6) is 11.6 Å². The molecular formula is C33H32FN5O4. The van der Waals surface area contributed by atoms with Crippen LogP contribution in [0.15, 0.2) is 66.9 Å². The van der Waals surface area contributed by atoms with E-state index >= 15 is 0 Å². The van der Waals surface area contributed by atoms with Crippen molar-refractivity contribution in [3.63, 3.8) is 0 Å². The lowest BCUT2D eigenvalue weighted by molar-refractivity contribution is 0.0887. The van der Waals surface area contributed by atoms with Crippen LogP contribution in [-0.2, 0) is 13.0 Å². The number of aromatic nitrogens is 3. The third kappa shape index (κ3) is 6.63. The van der Waals surface area contributed by atoms with Gasteiger partial charge in [0.2, 0.25) is 5.88 Å². The number of aldehydes is 1. The predicted molar refractivity (Wildman–Crippen MR) is 158 cm³/mol. The number of hydrogen-bond acceptors (Lipinski definition) is 6. The highest BCUT2D eigenvalue weighted by atomic mass is 19.1. The van der Waals surface area contributed by atoms with E-state index in [0.717, 1.165) is 61.2 Å². The fourth-order valence-electron chi connectivity index (χ4n) is 5.71. The van der Waals surface area contributed by atoms with Crippen molar-refractivity contribution in [1.82, 2.24) is 25.4 Å². The van der Waals surface area contributed by atoms with Gasteiger partial charge in [0, 0.05) is 29.9 Å². The second kappa shape index (κ2) is 12.6. The lowest BCUT2D eigenvalue weighted by Gasteiger charge is -2.29. The van der Waals surface area contributed by atoms with Gasteiger partial charge in [0.15, 0.2) is 0 Å². The number of carbonyl (C=O) groups is 3. The first kappa shape index (κ1) is 28.3. The van der Waals surface area contributed by atoms with E-state index in [1.54, 1.807) is 30.3 Å². The van der Waals surface area contributed by atoms with Crippen molar-refractivity contribution in [1.29, 1.82) is 0 Å². The average molecular weight is 582 g/mol. The van der Waals surface area contributed by atoms with Crippen LogP contribution >= 0.6 is 0 Å². The molecule has 1 aliphatic heterocycles. The zero-order valence-electron chi connectivity index (χ0n) is 23.6. The molecule has 1 aliphatic carbocycles. The van der Waals surface area contributed by atoms with E-state index in [-0.39, 0.29) is 29.4 Å². The van der Waals surface area contributed by atoms with Gasteiger partial charge in [-0.3, -0.25) is 19.1 Å². The molecule has 0 radical (unpaired) electrons. The molecule has 0 atom stereocenters. The number of benzene rings is 2. The Hall–Kier alpha value is -4.86. The summed E-state index contributed by atoms with van der Waals surface area (Å²) in [5.74, 6) is -0.854. The van der Waals surface area contributed by atoms with Crippen molar-refractivity contribution in [3.8, 4) is 22.8 Å². The maximum atomic E-state index is 14.2. The molecule has 3 heterocycles. The third-order valence-electron chi connectivity index (χ3n) is 8.04. The fourth-order valence-corrected chi connectivity index (χ4v) is 5.71. The maximum Gasteiger partial charge on any atom is 0.272 e. The van der Waals surface area contributed by atoms with Gasteiger partial charge in [0.1, 0.15) is 29.1 Å². The van der Waals surface area contributed by atoms with Gasteiger partial charge in [-0.05, 0) is 80.3 Å². The highest BCUT2D eigenvalue weighted by Crippen LogP contribution is 2.29. The number of fused-ring (bicyclic) bond motifs is 1. The van der Waals surface area contributed by atoms with Crippen molar-refractivity contribution in [3.05, 3.63) is 95.2 Å². The van der Waals surface area contributed by atoms with Crippen LogP contribution in [-0.4, -0.2) is 44.9 Å². The molecule has 0 unspecified atom stereocenters. The molecule has 0 bridgehead atoms. The number of amides is 2. The monoisotopic (exact) mass is 581 g/mol. The second-order valence-electron chi connectivity index (χ2n) is 11.1. The Kier molecular flexibility index (Phi) is 8.26. The summed E-state index contributed by atoms with van der Waals surface area (Å²) in [7, 11) is 0. The Morgan fingerprint density at radius 3 is 2.37 bits per heavy atom. The van der Waals surface area contributed by atoms with E-state index in [4.69, 9.17) is 4.74 Å². The van der Waals surface area contributed by atoms with Gasteiger partial charge in [-0.15, -0.1) is 0 Å². The van der Waals surface area contributed by atoms with Gasteiger partial charge in [0.05, 0.1) is 6.20 Å². The second-order valence-corrected chi connectivity index (χ2v) is 11.1. The molecule has 4 aromatic rings. The minimum atomic E-state index is -0.645. The number of rotatable bonds is 8. The Morgan fingerprint density at radius 2 is 1.65 bits per heavy atom. The van der Waals surface area contributed by atoms with Gasteiger partial charge in [-0.1, -0.05) is 36.4 Å². The van der Waals surface area contributed by atoms with Crippen molar-refractivity contribution < 1.29 is 23.5 Å². The summed E-state index contributed by atoms with van der Waals surface area (Å²) < 4.78 is 22.1. The Balaban J connectivity index is 1.07. The largest absolute Gasteiger partial charge is 0.438 e. The maximum absolute atomic E-state index is 14.2. The van der Waals surface area contributed by atoms with E-state index in [1.807, 2.05) is 28.9 Å². The highest BCUT2D eigenvalue weighted by Gasteiger charge is 2.27. The Labute approximate surface area is 248 Å². The summed E-state index contributed by atoms with van der Waals surface area (Å²) in [4.78, 5) is 41.1. The molecule has 9 nitrogen and oxygen atoms in total. The van der Waals surface area contributed by atoms with E-state index in [9.17, 15) is 18.8 Å². The number of aryl methyl sites for hydroxylation is 2. The first-order valence-electron chi connectivity index (χ1n) is 14.6. The number of hydrogen-bond donors (Lipinski definition) is 2. The smallest absolute Gasteiger partial charge is 0.272 e. The van der Waals surface area contributed by atoms with Gasteiger partial charge in [-0.2, -0.15) is 5.10 Å². The third-order valence-corrected chi connectivity index (χ3v) is 8.04.